The summed E-state index contributed by atoms with van der Waals surface area (Å²) in [6.07, 6.45) is 4.31. The summed E-state index contributed by atoms with van der Waals surface area (Å²) < 4.78 is 0. The molecule has 2 nitrogen and oxygen atoms in total. The molecule has 3 rings (SSSR count). The van der Waals surface area contributed by atoms with Crippen molar-refractivity contribution in [3.05, 3.63) is 42.1 Å². The van der Waals surface area contributed by atoms with Crippen LogP contribution in [0.5, 0.6) is 0 Å². The van der Waals surface area contributed by atoms with E-state index in [2.05, 4.69) is 38.1 Å². The van der Waals surface area contributed by atoms with E-state index in [0.29, 0.717) is 5.41 Å². The highest BCUT2D eigenvalue weighted by Crippen LogP contribution is 2.43. The van der Waals surface area contributed by atoms with Crippen LogP contribution in [0.3, 0.4) is 0 Å². The molecular formula is C17H22N2. The van der Waals surface area contributed by atoms with Gasteiger partial charge in [0, 0.05) is 23.0 Å². The standard InChI is InChI=1S/C17H22N2/c1-16(2)9-10-17(18,12-16)11-14-8-7-13-5-3-4-6-15(13)19-14/h3-8H,9-12,18H2,1-2H3. The van der Waals surface area contributed by atoms with Gasteiger partial charge in [0.2, 0.25) is 0 Å². The summed E-state index contributed by atoms with van der Waals surface area (Å²) in [5.74, 6) is 0. The number of rotatable bonds is 2. The average molecular weight is 254 g/mol. The molecule has 1 aromatic heterocycles. The Balaban J connectivity index is 1.85. The SMILES string of the molecule is CC1(C)CCC(N)(Cc2ccc3ccccc3n2)C1. The first-order valence-corrected chi connectivity index (χ1v) is 7.10. The molecule has 100 valence electrons. The van der Waals surface area contributed by atoms with Gasteiger partial charge in [0.15, 0.2) is 0 Å². The van der Waals surface area contributed by atoms with Gasteiger partial charge in [-0.05, 0) is 36.8 Å². The maximum Gasteiger partial charge on any atom is 0.0705 e. The van der Waals surface area contributed by atoms with Gasteiger partial charge in [-0.3, -0.25) is 4.98 Å². The van der Waals surface area contributed by atoms with Crippen molar-refractivity contribution >= 4 is 10.9 Å². The summed E-state index contributed by atoms with van der Waals surface area (Å²) in [4.78, 5) is 4.75. The van der Waals surface area contributed by atoms with E-state index in [1.807, 2.05) is 12.1 Å². The van der Waals surface area contributed by atoms with Crippen LogP contribution in [0, 0.1) is 5.41 Å². The molecule has 19 heavy (non-hydrogen) atoms. The van der Waals surface area contributed by atoms with E-state index in [1.165, 1.54) is 11.8 Å². The monoisotopic (exact) mass is 254 g/mol. The van der Waals surface area contributed by atoms with Crippen molar-refractivity contribution in [3.63, 3.8) is 0 Å². The van der Waals surface area contributed by atoms with Crippen LogP contribution in [0.25, 0.3) is 10.9 Å². The van der Waals surface area contributed by atoms with Crippen LogP contribution >= 0.6 is 0 Å². The number of pyridine rings is 1. The molecule has 0 spiro atoms. The fraction of sp³-hybridized carbons (Fsp3) is 0.471. The summed E-state index contributed by atoms with van der Waals surface area (Å²) in [7, 11) is 0. The maximum atomic E-state index is 6.57. The summed E-state index contributed by atoms with van der Waals surface area (Å²) in [6.45, 7) is 4.63. The minimum absolute atomic E-state index is 0.0705. The number of hydrogen-bond acceptors (Lipinski definition) is 2. The molecule has 0 amide bonds. The topological polar surface area (TPSA) is 38.9 Å². The highest BCUT2D eigenvalue weighted by Gasteiger charge is 2.40. The second kappa shape index (κ2) is 4.31. The molecule has 1 aromatic carbocycles. The molecular weight excluding hydrogens is 232 g/mol. The van der Waals surface area contributed by atoms with Crippen molar-refractivity contribution in [2.24, 2.45) is 11.1 Å². The normalized spacial score (nSPS) is 25.8. The first kappa shape index (κ1) is 12.6. The Labute approximate surface area is 115 Å². The number of aromatic nitrogens is 1. The fourth-order valence-corrected chi connectivity index (χ4v) is 3.44. The van der Waals surface area contributed by atoms with E-state index >= 15 is 0 Å². The molecule has 2 heteroatoms. The van der Waals surface area contributed by atoms with E-state index in [1.54, 1.807) is 0 Å². The predicted octanol–water partition coefficient (Wildman–Crippen LogP) is 3.68. The number of hydrogen-bond donors (Lipinski definition) is 1. The molecule has 0 bridgehead atoms. The summed E-state index contributed by atoms with van der Waals surface area (Å²) in [5, 5.41) is 1.20. The molecule has 1 unspecified atom stereocenters. The van der Waals surface area contributed by atoms with Crippen molar-refractivity contribution in [2.75, 3.05) is 0 Å². The largest absolute Gasteiger partial charge is 0.325 e. The summed E-state index contributed by atoms with van der Waals surface area (Å²) in [5.41, 5.74) is 9.08. The Morgan fingerprint density at radius 2 is 1.89 bits per heavy atom. The number of nitrogens with two attached hydrogens (primary N) is 1. The fourth-order valence-electron chi connectivity index (χ4n) is 3.44. The first-order chi connectivity index (χ1) is 8.96. The van der Waals surface area contributed by atoms with Crippen molar-refractivity contribution in [1.29, 1.82) is 0 Å². The van der Waals surface area contributed by atoms with E-state index in [0.717, 1.165) is 30.5 Å². The minimum atomic E-state index is -0.0705. The average Bonchev–Trinajstić information content (AvgIpc) is 2.63. The quantitative estimate of drug-likeness (QED) is 0.887. The van der Waals surface area contributed by atoms with E-state index in [9.17, 15) is 0 Å². The van der Waals surface area contributed by atoms with Gasteiger partial charge in [0.1, 0.15) is 0 Å². The van der Waals surface area contributed by atoms with E-state index in [4.69, 9.17) is 10.7 Å². The molecule has 0 radical (unpaired) electrons. The third-order valence-corrected chi connectivity index (χ3v) is 4.32. The van der Waals surface area contributed by atoms with Crippen LogP contribution in [0.2, 0.25) is 0 Å². The predicted molar refractivity (Wildman–Crippen MR) is 80.0 cm³/mol. The molecule has 1 fully saturated rings. The Kier molecular flexibility index (Phi) is 2.86. The molecule has 1 aliphatic carbocycles. The van der Waals surface area contributed by atoms with Crippen molar-refractivity contribution in [2.45, 2.75) is 45.1 Å². The summed E-state index contributed by atoms with van der Waals surface area (Å²) >= 11 is 0. The van der Waals surface area contributed by atoms with Gasteiger partial charge in [-0.25, -0.2) is 0 Å². The van der Waals surface area contributed by atoms with Crippen LogP contribution in [-0.2, 0) is 6.42 Å². The van der Waals surface area contributed by atoms with Crippen LogP contribution < -0.4 is 5.73 Å². The third-order valence-electron chi connectivity index (χ3n) is 4.32. The molecule has 1 heterocycles. The molecule has 0 saturated heterocycles. The van der Waals surface area contributed by atoms with E-state index in [-0.39, 0.29) is 5.54 Å². The molecule has 1 aliphatic rings. The van der Waals surface area contributed by atoms with E-state index < -0.39 is 0 Å². The van der Waals surface area contributed by atoms with Gasteiger partial charge in [-0.15, -0.1) is 0 Å². The second-order valence-electron chi connectivity index (χ2n) is 6.88. The highest BCUT2D eigenvalue weighted by atomic mass is 14.8. The molecule has 1 atom stereocenters. The maximum absolute atomic E-state index is 6.57. The van der Waals surface area contributed by atoms with Gasteiger partial charge in [0.05, 0.1) is 5.52 Å². The molecule has 0 aliphatic heterocycles. The molecule has 1 saturated carbocycles. The zero-order valence-corrected chi connectivity index (χ0v) is 11.8. The second-order valence-corrected chi connectivity index (χ2v) is 6.88. The Hall–Kier alpha value is -1.41. The Morgan fingerprint density at radius 3 is 2.63 bits per heavy atom. The lowest BCUT2D eigenvalue weighted by Gasteiger charge is -2.26. The molecule has 2 aromatic rings. The number of benzene rings is 1. The molecule has 2 N–H and O–H groups in total. The first-order valence-electron chi connectivity index (χ1n) is 7.10. The van der Waals surface area contributed by atoms with Gasteiger partial charge >= 0.3 is 0 Å². The third kappa shape index (κ3) is 2.64. The van der Waals surface area contributed by atoms with Gasteiger partial charge in [0.25, 0.3) is 0 Å². The van der Waals surface area contributed by atoms with Crippen molar-refractivity contribution in [3.8, 4) is 0 Å². The lowest BCUT2D eigenvalue weighted by Crippen LogP contribution is -2.40. The Bertz CT molecular complexity index is 603. The highest BCUT2D eigenvalue weighted by molar-refractivity contribution is 5.78. The summed E-state index contributed by atoms with van der Waals surface area (Å²) in [6, 6.07) is 12.5. The number of fused-ring (bicyclic) bond motifs is 1. The zero-order valence-electron chi connectivity index (χ0n) is 11.8. The zero-order chi connectivity index (χ0) is 13.5. The van der Waals surface area contributed by atoms with Gasteiger partial charge in [-0.1, -0.05) is 38.1 Å². The van der Waals surface area contributed by atoms with Crippen molar-refractivity contribution < 1.29 is 0 Å². The smallest absolute Gasteiger partial charge is 0.0705 e. The lowest BCUT2D eigenvalue weighted by atomic mass is 9.86. The van der Waals surface area contributed by atoms with Crippen LogP contribution in [0.4, 0.5) is 0 Å². The van der Waals surface area contributed by atoms with Crippen LogP contribution in [0.15, 0.2) is 36.4 Å². The van der Waals surface area contributed by atoms with Gasteiger partial charge < -0.3 is 5.73 Å². The Morgan fingerprint density at radius 1 is 1.11 bits per heavy atom. The number of nitrogens with zero attached hydrogens (tertiary/aromatic N) is 1. The van der Waals surface area contributed by atoms with Crippen molar-refractivity contribution in [1.82, 2.24) is 4.98 Å². The lowest BCUT2D eigenvalue weighted by molar-refractivity contribution is 0.333. The van der Waals surface area contributed by atoms with Crippen LogP contribution in [0.1, 0.15) is 38.8 Å². The minimum Gasteiger partial charge on any atom is -0.325 e. The number of para-hydroxylation sites is 1. The van der Waals surface area contributed by atoms with Crippen LogP contribution in [-0.4, -0.2) is 10.5 Å². The van der Waals surface area contributed by atoms with Gasteiger partial charge in [-0.2, -0.15) is 0 Å².